The molecule has 0 bridgehead atoms. The average molecular weight is 109 g/mol. The van der Waals surface area contributed by atoms with Crippen molar-refractivity contribution in [3.05, 3.63) is 23.9 Å². The molecule has 0 spiro atoms. The summed E-state index contributed by atoms with van der Waals surface area (Å²) in [5.74, 6) is 0. The van der Waals surface area contributed by atoms with Crippen molar-refractivity contribution in [3.63, 3.8) is 0 Å². The Morgan fingerprint density at radius 3 is 3.14 bits per heavy atom. The molecule has 0 fully saturated rings. The fraction of sp³-hybridized carbons (Fsp3) is 0. The van der Waals surface area contributed by atoms with Crippen LogP contribution in [0.25, 0.3) is 0 Å². The van der Waals surface area contributed by atoms with Gasteiger partial charge in [0.2, 0.25) is 0 Å². The molecule has 1 nitrogen and oxygen atoms in total. The number of nitrogens with zero attached hydrogens (tertiary/aromatic N) is 1. The van der Waals surface area contributed by atoms with E-state index in [0.29, 0.717) is 0 Å². The lowest BCUT2D eigenvalue weighted by atomic mass is 10.5. The van der Waals surface area contributed by atoms with Crippen LogP contribution in [0.4, 0.5) is 0 Å². The van der Waals surface area contributed by atoms with Crippen molar-refractivity contribution in [2.45, 2.75) is 0 Å². The lowest BCUT2D eigenvalue weighted by Crippen LogP contribution is -1.73. The second-order valence-corrected chi connectivity index (χ2v) is 2.53. The molecule has 1 aliphatic heterocycles. The molecular weight excluding hydrogens is 102 g/mol. The van der Waals surface area contributed by atoms with Crippen molar-refractivity contribution < 1.29 is 0 Å². The first-order chi connectivity index (χ1) is 3.50. The van der Waals surface area contributed by atoms with Crippen LogP contribution in [0.15, 0.2) is 28.6 Å². The summed E-state index contributed by atoms with van der Waals surface area (Å²) in [6.45, 7) is 0. The summed E-state index contributed by atoms with van der Waals surface area (Å²) in [6, 6.07) is 0. The molecular formula is C5H7NSi. The minimum absolute atomic E-state index is 0.200. The Hall–Kier alpha value is -0.633. The van der Waals surface area contributed by atoms with Crippen LogP contribution in [-0.4, -0.2) is 15.9 Å². The largest absolute Gasteiger partial charge is 0.332 e. The van der Waals surface area contributed by atoms with E-state index in [9.17, 15) is 0 Å². The number of allylic oxidation sites excluding steroid dienone is 3. The van der Waals surface area contributed by atoms with Crippen molar-refractivity contribution in [2.24, 2.45) is 4.66 Å². The Morgan fingerprint density at radius 2 is 2.14 bits per heavy atom. The summed E-state index contributed by atoms with van der Waals surface area (Å²) < 4.78 is 4.11. The summed E-state index contributed by atoms with van der Waals surface area (Å²) in [5, 5.41) is 0. The second kappa shape index (κ2) is 2.52. The molecule has 36 valence electrons. The highest BCUT2D eigenvalue weighted by Gasteiger charge is 1.72. The van der Waals surface area contributed by atoms with Crippen LogP contribution in [0, 0.1) is 0 Å². The minimum Gasteiger partial charge on any atom is -0.332 e. The number of rotatable bonds is 0. The van der Waals surface area contributed by atoms with E-state index < -0.39 is 0 Å². The summed E-state index contributed by atoms with van der Waals surface area (Å²) in [6.07, 6.45) is 7.88. The zero-order valence-corrected chi connectivity index (χ0v) is 5.46. The molecule has 0 N–H and O–H groups in total. The standard InChI is InChI=1S/C5H7NSi/c1-2-4-6-7-5-3-1/h1-5H,7H2. The molecule has 0 radical (unpaired) electrons. The van der Waals surface area contributed by atoms with Crippen LogP contribution in [-0.2, 0) is 0 Å². The molecule has 0 unspecified atom stereocenters. The maximum absolute atomic E-state index is 4.11. The topological polar surface area (TPSA) is 12.4 Å². The van der Waals surface area contributed by atoms with Crippen LogP contribution < -0.4 is 0 Å². The van der Waals surface area contributed by atoms with Crippen LogP contribution in [0.3, 0.4) is 0 Å². The Bertz CT molecular complexity index is 110. The Labute approximate surface area is 45.4 Å². The van der Waals surface area contributed by atoms with E-state index in [1.54, 1.807) is 0 Å². The van der Waals surface area contributed by atoms with Gasteiger partial charge in [0.05, 0.1) is 0 Å². The highest BCUT2D eigenvalue weighted by Crippen LogP contribution is 1.79. The van der Waals surface area contributed by atoms with Crippen molar-refractivity contribution in [1.82, 2.24) is 0 Å². The summed E-state index contributed by atoms with van der Waals surface area (Å²) >= 11 is 0. The summed E-state index contributed by atoms with van der Waals surface area (Å²) in [4.78, 5) is 0. The van der Waals surface area contributed by atoms with Gasteiger partial charge in [0.25, 0.3) is 0 Å². The molecule has 7 heavy (non-hydrogen) atoms. The van der Waals surface area contributed by atoms with Crippen molar-refractivity contribution in [3.8, 4) is 0 Å². The van der Waals surface area contributed by atoms with Gasteiger partial charge in [-0.25, -0.2) is 0 Å². The van der Waals surface area contributed by atoms with E-state index >= 15 is 0 Å². The Morgan fingerprint density at radius 1 is 1.14 bits per heavy atom. The smallest absolute Gasteiger partial charge is 0.173 e. The van der Waals surface area contributed by atoms with Gasteiger partial charge in [-0.15, -0.1) is 0 Å². The normalized spacial score (nSPS) is 20.6. The SMILES string of the molecule is C1=CC=N[SiH2]C=C1. The molecule has 0 aliphatic carbocycles. The van der Waals surface area contributed by atoms with E-state index in [1.807, 2.05) is 18.4 Å². The predicted octanol–water partition coefficient (Wildman–Crippen LogP) is 0.224. The van der Waals surface area contributed by atoms with E-state index in [-0.39, 0.29) is 9.68 Å². The maximum atomic E-state index is 4.11. The third kappa shape index (κ3) is 1.50. The molecule has 0 saturated carbocycles. The van der Waals surface area contributed by atoms with Gasteiger partial charge in [0.1, 0.15) is 0 Å². The highest BCUT2D eigenvalue weighted by molar-refractivity contribution is 6.41. The molecule has 0 aromatic carbocycles. The van der Waals surface area contributed by atoms with E-state index in [0.717, 1.165) is 0 Å². The molecule has 1 heterocycles. The number of hydrogen-bond acceptors (Lipinski definition) is 1. The first kappa shape index (κ1) is 4.52. The Kier molecular flexibility index (Phi) is 1.63. The van der Waals surface area contributed by atoms with Crippen LogP contribution in [0.1, 0.15) is 0 Å². The number of hydrogen-bond donors (Lipinski definition) is 0. The third-order valence-corrected chi connectivity index (χ3v) is 1.67. The monoisotopic (exact) mass is 109 g/mol. The molecule has 1 rings (SSSR count). The first-order valence-corrected chi connectivity index (χ1v) is 3.76. The predicted molar refractivity (Wildman–Crippen MR) is 35.3 cm³/mol. The highest BCUT2D eigenvalue weighted by atomic mass is 28.2. The van der Waals surface area contributed by atoms with Gasteiger partial charge in [-0.05, 0) is 6.08 Å². The van der Waals surface area contributed by atoms with Gasteiger partial charge >= 0.3 is 0 Å². The zero-order valence-electron chi connectivity index (χ0n) is 4.04. The fourth-order valence-electron chi connectivity index (χ4n) is 0.436. The quantitative estimate of drug-likeness (QED) is 0.395. The lowest BCUT2D eigenvalue weighted by molar-refractivity contribution is 1.90. The van der Waals surface area contributed by atoms with E-state index in [2.05, 4.69) is 16.4 Å². The minimum atomic E-state index is -0.200. The third-order valence-electron chi connectivity index (χ3n) is 0.761. The van der Waals surface area contributed by atoms with Gasteiger partial charge in [-0.3, -0.25) is 0 Å². The van der Waals surface area contributed by atoms with Gasteiger partial charge in [-0.1, -0.05) is 17.9 Å². The van der Waals surface area contributed by atoms with Gasteiger partial charge in [-0.2, -0.15) is 0 Å². The first-order valence-electron chi connectivity index (χ1n) is 2.32. The molecule has 0 aromatic rings. The van der Waals surface area contributed by atoms with Crippen molar-refractivity contribution in [1.29, 1.82) is 0 Å². The molecule has 0 aromatic heterocycles. The summed E-state index contributed by atoms with van der Waals surface area (Å²) in [7, 11) is -0.200. The molecule has 0 amide bonds. The van der Waals surface area contributed by atoms with Crippen LogP contribution >= 0.6 is 0 Å². The van der Waals surface area contributed by atoms with Crippen LogP contribution in [0.2, 0.25) is 0 Å². The van der Waals surface area contributed by atoms with E-state index in [4.69, 9.17) is 0 Å². The molecule has 2 heteroatoms. The average Bonchev–Trinajstić information content (AvgIpc) is 1.90. The maximum Gasteiger partial charge on any atom is 0.173 e. The fourth-order valence-corrected chi connectivity index (χ4v) is 1.08. The van der Waals surface area contributed by atoms with Crippen molar-refractivity contribution in [2.75, 3.05) is 0 Å². The lowest BCUT2D eigenvalue weighted by Gasteiger charge is -1.69. The van der Waals surface area contributed by atoms with Crippen LogP contribution in [0.5, 0.6) is 0 Å². The van der Waals surface area contributed by atoms with Gasteiger partial charge in [0.15, 0.2) is 9.68 Å². The van der Waals surface area contributed by atoms with E-state index in [1.165, 1.54) is 0 Å². The zero-order chi connectivity index (χ0) is 4.95. The van der Waals surface area contributed by atoms with Crippen molar-refractivity contribution >= 4 is 15.9 Å². The van der Waals surface area contributed by atoms with Gasteiger partial charge < -0.3 is 4.66 Å². The molecule has 1 aliphatic rings. The molecule has 0 atom stereocenters. The van der Waals surface area contributed by atoms with Gasteiger partial charge in [0, 0.05) is 6.21 Å². The Balaban J connectivity index is 2.60. The molecule has 0 saturated heterocycles. The summed E-state index contributed by atoms with van der Waals surface area (Å²) in [5.41, 5.74) is 2.15. The second-order valence-electron chi connectivity index (χ2n) is 1.33.